The minimum atomic E-state index is -6.25. The van der Waals surface area contributed by atoms with Crippen molar-refractivity contribution in [2.24, 2.45) is 13.0 Å². The summed E-state index contributed by atoms with van der Waals surface area (Å²) in [6.07, 6.45) is -12.8. The van der Waals surface area contributed by atoms with Crippen LogP contribution in [-0.4, -0.2) is 168 Å². The first kappa shape index (κ1) is 60.8. The number of ether oxygens (including phenoxy) is 4. The number of nitrogens with zero attached hydrogens (tertiary/aromatic N) is 8. The zero-order valence-corrected chi connectivity index (χ0v) is 45.3. The number of nitrogen functional groups attached to an aromatic ring is 2. The molecule has 0 saturated carbocycles. The fourth-order valence-electron chi connectivity index (χ4n) is 8.77. The zero-order chi connectivity index (χ0) is 58.2. The number of aryl methyl sites for hydroxylation is 1. The summed E-state index contributed by atoms with van der Waals surface area (Å²) in [7, 11) is -21.3. The molecule has 0 spiro atoms. The lowest BCUT2D eigenvalue weighted by molar-refractivity contribution is -0.745. The number of aliphatic hydroxyl groups excluding tert-OH is 3. The van der Waals surface area contributed by atoms with Gasteiger partial charge >= 0.3 is 40.8 Å². The van der Waals surface area contributed by atoms with Crippen LogP contribution in [0.4, 0.5) is 16.6 Å². The van der Waals surface area contributed by atoms with E-state index < -0.39 is 147 Å². The lowest BCUT2D eigenvalue weighted by Crippen LogP contribution is -2.47. The summed E-state index contributed by atoms with van der Waals surface area (Å²) in [5.41, 5.74) is 9.12. The molecular weight excluding hydrogens is 1160 g/mol. The predicted octanol–water partition coefficient (Wildman–Crippen LogP) is -4.15. The number of nitrogens with two attached hydrogens (primary N) is 2. The van der Waals surface area contributed by atoms with Gasteiger partial charge in [-0.25, -0.2) is 42.8 Å². The number of hydrogen-bond acceptors (Lipinski definition) is 28. The van der Waals surface area contributed by atoms with Crippen LogP contribution in [0.15, 0.2) is 45.6 Å². The van der Waals surface area contributed by atoms with Gasteiger partial charge in [-0.1, -0.05) is 18.3 Å². The van der Waals surface area contributed by atoms with Crippen molar-refractivity contribution in [3.05, 3.63) is 62.4 Å². The number of aromatic amines is 2. The minimum absolute atomic E-state index is 0.00917. The molecule has 5 aromatic heterocycles. The molecule has 4 unspecified atom stereocenters. The second-order valence-corrected chi connectivity index (χ2v) is 23.9. The van der Waals surface area contributed by atoms with Crippen molar-refractivity contribution in [2.45, 2.75) is 87.3 Å². The molecule has 14 N–H and O–H groups in total. The highest BCUT2D eigenvalue weighted by Crippen LogP contribution is 2.68. The number of nitrogens with one attached hydrogen (secondary N) is 4. The molecule has 16 atom stereocenters. The van der Waals surface area contributed by atoms with Crippen LogP contribution < -0.4 is 48.4 Å². The first-order valence-electron chi connectivity index (χ1n) is 23.5. The number of hydrogen-bond donors (Lipinski definition) is 12. The fourth-order valence-corrected chi connectivity index (χ4v) is 13.2. The van der Waals surface area contributed by atoms with Gasteiger partial charge in [-0.3, -0.25) is 46.9 Å². The lowest BCUT2D eigenvalue weighted by atomic mass is 9.98. The third-order valence-electron chi connectivity index (χ3n) is 12.4. The molecule has 0 aromatic carbocycles. The molecule has 442 valence electrons. The molecule has 0 radical (unpaired) electrons. The van der Waals surface area contributed by atoms with E-state index in [0.29, 0.717) is 11.0 Å². The number of phosphoric ester groups is 3. The SMILES string of the molecule is CCCCNC(=O)NC[C@H]1[C@@H](O)[C@H]([n+]2cn(C)c3c(=O)[nH]c(N)nc32)O[C@@H]1COP(=O)(O)OP(=O)(O)OP(=O)(O)OC[C@H]1O[C@@H](n2cnc3c(N)ncnc32)[C@H](OC)[C@@H]1OP(=O)([O-])OC[C@H]1O[C@@H](n2ccc(=O)[nH]c2=O)[C@H](O)[C@@H]1O. The predicted molar refractivity (Wildman–Crippen MR) is 259 cm³/mol. The molecule has 5 aromatic rings. The van der Waals surface area contributed by atoms with Gasteiger partial charge in [0.15, 0.2) is 30.2 Å². The van der Waals surface area contributed by atoms with E-state index >= 15 is 0 Å². The standard InChI is InChI=1S/C37H54N14O25P4/c1-4-5-7-40-36(57)41-9-16-17(71-32(23(16)53)51-15-48(2)22-30(51)46-35(39)47-31(22)56)10-69-78(61,62)75-80(65,66)76-79(63,64)70-12-19-26(27(67-3)34(73-19)50-14-44-21-28(38)42-13-43-29(21)50)74-77(59,60)68-11-18-24(54)25(55)33(72-18)49-8-6-20(52)45-37(49)58/h6,8,13-19,23-27,32-34,53-55H,4-5,7,9-12H2,1-3H3,(H11-,38,39,40,41,42,43,45,46,47,52,56,57,58,59,60,61,62,63,64,65,66)/t16-,17-,18-,19-,23-,24-,25-,26-,27-,32-,33-,34-/m1/s1. The van der Waals surface area contributed by atoms with Gasteiger partial charge < -0.3 is 85.0 Å². The van der Waals surface area contributed by atoms with Crippen LogP contribution in [0.5, 0.6) is 0 Å². The third-order valence-corrected chi connectivity index (χ3v) is 17.7. The number of fused-ring (bicyclic) bond motifs is 2. The first-order chi connectivity index (χ1) is 37.6. The summed E-state index contributed by atoms with van der Waals surface area (Å²) in [4.78, 5) is 115. The molecule has 2 amide bonds. The van der Waals surface area contributed by atoms with Crippen LogP contribution in [0.3, 0.4) is 0 Å². The largest absolute Gasteiger partial charge is 0.756 e. The normalized spacial score (nSPS) is 29.1. The fraction of sp³-hybridized carbons (Fsp3) is 0.595. The Balaban J connectivity index is 0.947. The maximum Gasteiger partial charge on any atom is 0.490 e. The number of anilines is 2. The van der Waals surface area contributed by atoms with Gasteiger partial charge in [0.1, 0.15) is 54.6 Å². The van der Waals surface area contributed by atoms with Crippen molar-refractivity contribution < 1.29 is 108 Å². The van der Waals surface area contributed by atoms with Crippen molar-refractivity contribution in [3.8, 4) is 0 Å². The monoisotopic (exact) mass is 1220 g/mol. The Morgan fingerprint density at radius 1 is 0.850 bits per heavy atom. The molecule has 0 bridgehead atoms. The number of unbranched alkanes of at least 4 members (excludes halogenated alkanes) is 1. The molecule has 80 heavy (non-hydrogen) atoms. The van der Waals surface area contributed by atoms with E-state index in [0.717, 1.165) is 38.4 Å². The molecule has 0 aliphatic carbocycles. The Kier molecular flexibility index (Phi) is 18.4. The van der Waals surface area contributed by atoms with Crippen LogP contribution in [0.25, 0.3) is 22.3 Å². The van der Waals surface area contributed by atoms with Gasteiger partial charge in [0.05, 0.1) is 39.3 Å². The number of phosphoric acid groups is 4. The highest BCUT2D eigenvalue weighted by molar-refractivity contribution is 7.66. The molecule has 3 aliphatic rings. The second-order valence-electron chi connectivity index (χ2n) is 17.9. The maximum absolute atomic E-state index is 13.5. The number of aromatic nitrogens is 10. The Hall–Kier alpha value is -5.31. The number of carbonyl (C=O) groups is 1. The molecular formula is C37H54N14O25P4. The van der Waals surface area contributed by atoms with E-state index in [1.807, 2.05) is 11.9 Å². The Morgan fingerprint density at radius 2 is 1.52 bits per heavy atom. The smallest absolute Gasteiger partial charge is 0.490 e. The van der Waals surface area contributed by atoms with E-state index in [-0.39, 0.29) is 47.2 Å². The number of carbonyl (C=O) groups excluding carboxylic acids is 1. The summed E-state index contributed by atoms with van der Waals surface area (Å²) >= 11 is 0. The Labute approximate surface area is 447 Å². The van der Waals surface area contributed by atoms with Crippen LogP contribution in [0.2, 0.25) is 0 Å². The maximum atomic E-state index is 13.5. The van der Waals surface area contributed by atoms with Crippen LogP contribution >= 0.6 is 31.3 Å². The number of rotatable bonds is 24. The average Bonchev–Trinajstić information content (AvgIpc) is 4.35. The Morgan fingerprint density at radius 3 is 2.20 bits per heavy atom. The van der Waals surface area contributed by atoms with Crippen molar-refractivity contribution in [1.82, 2.24) is 54.2 Å². The van der Waals surface area contributed by atoms with Crippen molar-refractivity contribution >= 4 is 71.4 Å². The summed E-state index contributed by atoms with van der Waals surface area (Å²) in [6, 6.07) is 0.246. The zero-order valence-electron chi connectivity index (χ0n) is 41.7. The quantitative estimate of drug-likeness (QED) is 0.0158. The van der Waals surface area contributed by atoms with Gasteiger partial charge in [-0.05, 0) is 6.42 Å². The molecule has 8 heterocycles. The number of methoxy groups -OCH3 is 1. The number of urea groups is 1. The van der Waals surface area contributed by atoms with E-state index in [4.69, 9.17) is 48.5 Å². The number of amides is 2. The number of aliphatic hydroxyl groups is 3. The number of H-pyrrole nitrogens is 2. The summed E-state index contributed by atoms with van der Waals surface area (Å²) in [6.45, 7) is -1.65. The van der Waals surface area contributed by atoms with Crippen LogP contribution in [0.1, 0.15) is 38.4 Å². The topological polar surface area (TPSA) is 551 Å². The Bertz CT molecular complexity index is 3450. The van der Waals surface area contributed by atoms with Gasteiger partial charge in [0, 0.05) is 38.4 Å². The van der Waals surface area contributed by atoms with Gasteiger partial charge in [0.2, 0.25) is 11.7 Å². The van der Waals surface area contributed by atoms with E-state index in [1.54, 1.807) is 0 Å². The van der Waals surface area contributed by atoms with E-state index in [2.05, 4.69) is 44.2 Å². The van der Waals surface area contributed by atoms with Gasteiger partial charge in [-0.15, -0.1) is 0 Å². The van der Waals surface area contributed by atoms with Crippen molar-refractivity contribution in [2.75, 3.05) is 51.5 Å². The van der Waals surface area contributed by atoms with Crippen LogP contribution in [-0.2, 0) is 71.0 Å². The van der Waals surface area contributed by atoms with Crippen molar-refractivity contribution in [3.63, 3.8) is 0 Å². The minimum Gasteiger partial charge on any atom is -0.756 e. The van der Waals surface area contributed by atoms with Crippen molar-refractivity contribution in [1.29, 1.82) is 0 Å². The molecule has 8 rings (SSSR count). The van der Waals surface area contributed by atoms with Gasteiger partial charge in [-0.2, -0.15) is 8.62 Å². The summed E-state index contributed by atoms with van der Waals surface area (Å²) in [5, 5.41) is 38.0. The van der Waals surface area contributed by atoms with Crippen LogP contribution in [0, 0.1) is 5.92 Å². The summed E-state index contributed by atoms with van der Waals surface area (Å²) in [5.74, 6) is -1.61. The van der Waals surface area contributed by atoms with E-state index in [9.17, 15) is 72.3 Å². The summed E-state index contributed by atoms with van der Waals surface area (Å²) < 4.78 is 109. The molecule has 3 aliphatic heterocycles. The van der Waals surface area contributed by atoms with E-state index in [1.165, 1.54) is 27.1 Å². The second kappa shape index (κ2) is 24.3. The molecule has 3 fully saturated rings. The first-order valence-corrected chi connectivity index (χ1v) is 29.5. The molecule has 43 heteroatoms. The lowest BCUT2D eigenvalue weighted by Gasteiger charge is -2.31. The highest BCUT2D eigenvalue weighted by atomic mass is 31.3. The van der Waals surface area contributed by atoms with Gasteiger partial charge in [0.25, 0.3) is 24.9 Å². The highest BCUT2D eigenvalue weighted by Gasteiger charge is 2.53. The average molecular weight is 1220 g/mol. The molecule has 3 saturated heterocycles. The number of imidazole rings is 2. The molecule has 39 nitrogen and oxygen atoms in total. The third kappa shape index (κ3) is 13.6.